The van der Waals surface area contributed by atoms with Gasteiger partial charge in [-0.15, -0.1) is 0 Å². The zero-order valence-corrected chi connectivity index (χ0v) is 17.9. The molecule has 1 aromatic carbocycles. The number of ether oxygens (including phenoxy) is 1. The summed E-state index contributed by atoms with van der Waals surface area (Å²) in [4.78, 5) is 32.3. The van der Waals surface area contributed by atoms with Crippen molar-refractivity contribution in [3.8, 4) is 0 Å². The number of aromatic nitrogens is 1. The Morgan fingerprint density at radius 2 is 2.16 bits per heavy atom. The number of fused-ring (bicyclic) bond motifs is 5. The molecule has 3 unspecified atom stereocenters. The van der Waals surface area contributed by atoms with E-state index in [0.29, 0.717) is 41.9 Å². The predicted molar refractivity (Wildman–Crippen MR) is 113 cm³/mol. The van der Waals surface area contributed by atoms with Crippen molar-refractivity contribution in [2.45, 2.75) is 51.3 Å². The van der Waals surface area contributed by atoms with Crippen LogP contribution in [-0.2, 0) is 27.3 Å². The largest absolute Gasteiger partial charge is 0.463 e. The van der Waals surface area contributed by atoms with Gasteiger partial charge in [-0.2, -0.15) is 0 Å². The van der Waals surface area contributed by atoms with Crippen LogP contribution in [0.5, 0.6) is 0 Å². The molecule has 1 saturated heterocycles. The molecule has 2 aromatic rings. The fraction of sp³-hybridized carbons (Fsp3) is 0.458. The molecule has 0 radical (unpaired) electrons. The Labute approximate surface area is 184 Å². The van der Waals surface area contributed by atoms with Crippen LogP contribution in [0.3, 0.4) is 0 Å². The lowest BCUT2D eigenvalue weighted by Gasteiger charge is -2.44. The van der Waals surface area contributed by atoms with Gasteiger partial charge in [0.2, 0.25) is 5.91 Å². The number of hydrogen-bond acceptors (Lipinski definition) is 6. The number of aliphatic hydroxyl groups is 1. The van der Waals surface area contributed by atoms with Gasteiger partial charge in [0.1, 0.15) is 12.4 Å². The molecule has 3 N–H and O–H groups in total. The third kappa shape index (κ3) is 2.29. The molecular weight excluding hydrogens is 413 g/mol. The summed E-state index contributed by atoms with van der Waals surface area (Å²) in [5.41, 5.74) is 9.81. The van der Waals surface area contributed by atoms with Crippen molar-refractivity contribution >= 4 is 28.5 Å². The van der Waals surface area contributed by atoms with E-state index >= 15 is 0 Å². The van der Waals surface area contributed by atoms with Crippen molar-refractivity contribution in [2.75, 3.05) is 6.61 Å². The van der Waals surface area contributed by atoms with Gasteiger partial charge in [0.15, 0.2) is 5.60 Å². The van der Waals surface area contributed by atoms with Crippen LogP contribution in [0.15, 0.2) is 12.1 Å². The number of rotatable bonds is 1. The number of esters is 1. The summed E-state index contributed by atoms with van der Waals surface area (Å²) in [5, 5.41) is 12.0. The summed E-state index contributed by atoms with van der Waals surface area (Å²) in [6.45, 7) is 3.74. The molecule has 4 aliphatic rings. The molecule has 32 heavy (non-hydrogen) atoms. The van der Waals surface area contributed by atoms with Gasteiger partial charge >= 0.3 is 5.97 Å². The average Bonchev–Trinajstić information content (AvgIpc) is 3.14. The summed E-state index contributed by atoms with van der Waals surface area (Å²) in [6, 6.07) is 1.20. The number of halogens is 1. The number of nitrogens with zero attached hydrogens (tertiary/aromatic N) is 2. The lowest BCUT2D eigenvalue weighted by Crippen LogP contribution is -2.58. The second-order valence-corrected chi connectivity index (χ2v) is 9.34. The van der Waals surface area contributed by atoms with Crippen molar-refractivity contribution in [3.05, 3.63) is 45.9 Å². The van der Waals surface area contributed by atoms with E-state index < -0.39 is 23.4 Å². The van der Waals surface area contributed by atoms with Crippen LogP contribution >= 0.6 is 0 Å². The van der Waals surface area contributed by atoms with E-state index in [1.165, 1.54) is 6.07 Å². The maximum Gasteiger partial charge on any atom is 0.338 e. The second-order valence-electron chi connectivity index (χ2n) is 9.34. The van der Waals surface area contributed by atoms with Crippen molar-refractivity contribution in [3.63, 3.8) is 0 Å². The van der Waals surface area contributed by atoms with E-state index in [4.69, 9.17) is 15.5 Å². The molecule has 0 bridgehead atoms. The lowest BCUT2D eigenvalue weighted by molar-refractivity contribution is -0.190. The van der Waals surface area contributed by atoms with Gasteiger partial charge in [-0.05, 0) is 42.9 Å². The molecule has 0 saturated carbocycles. The number of pyridine rings is 1. The predicted octanol–water partition coefficient (Wildman–Crippen LogP) is 2.26. The first-order valence-corrected chi connectivity index (χ1v) is 11.1. The Bertz CT molecular complexity index is 1270. The summed E-state index contributed by atoms with van der Waals surface area (Å²) < 4.78 is 19.9. The lowest BCUT2D eigenvalue weighted by atomic mass is 9.72. The van der Waals surface area contributed by atoms with Crippen LogP contribution in [-0.4, -0.2) is 39.1 Å². The first-order chi connectivity index (χ1) is 15.3. The number of carbonyl (C=O) groups excluding carboxylic acids is 2. The molecule has 6 rings (SSSR count). The van der Waals surface area contributed by atoms with Crippen molar-refractivity contribution in [2.24, 2.45) is 17.6 Å². The monoisotopic (exact) mass is 437 g/mol. The summed E-state index contributed by atoms with van der Waals surface area (Å²) >= 11 is 0. The van der Waals surface area contributed by atoms with Crippen LogP contribution in [0.2, 0.25) is 0 Å². The van der Waals surface area contributed by atoms with Crippen LogP contribution in [0.4, 0.5) is 4.39 Å². The number of nitrogens with two attached hydrogens (primary N) is 1. The highest BCUT2D eigenvalue weighted by Gasteiger charge is 2.56. The van der Waals surface area contributed by atoms with Gasteiger partial charge in [0, 0.05) is 29.0 Å². The Morgan fingerprint density at radius 3 is 2.91 bits per heavy atom. The third-order valence-electron chi connectivity index (χ3n) is 7.86. The summed E-state index contributed by atoms with van der Waals surface area (Å²) in [6.07, 6.45) is 3.30. The molecule has 1 amide bonds. The molecule has 7 nitrogen and oxygen atoms in total. The Balaban J connectivity index is 1.62. The highest BCUT2D eigenvalue weighted by Crippen LogP contribution is 2.49. The molecule has 0 spiro atoms. The van der Waals surface area contributed by atoms with Crippen molar-refractivity contribution < 1.29 is 23.8 Å². The topological polar surface area (TPSA) is 106 Å². The van der Waals surface area contributed by atoms with Gasteiger partial charge in [-0.1, -0.05) is 13.0 Å². The van der Waals surface area contributed by atoms with Gasteiger partial charge in [0.05, 0.1) is 29.4 Å². The third-order valence-corrected chi connectivity index (χ3v) is 7.86. The fourth-order valence-corrected chi connectivity index (χ4v) is 6.01. The standard InChI is InChI=1S/C24H24FN3O4/c1-3-24(31)14-6-18-21-12(8-28(18)22(29)13(14)9-32-23(24)30)19-16(26)5-4-11-10(2)15(25)7-17(27-21)20(11)19/h6-7,13-14,16,31H,3-5,8-9,26H2,1-2H3/t13?,14?,16?,24-/m0/s1. The fourth-order valence-electron chi connectivity index (χ4n) is 6.01. The summed E-state index contributed by atoms with van der Waals surface area (Å²) in [5.74, 6) is -2.56. The van der Waals surface area contributed by atoms with E-state index in [1.54, 1.807) is 24.8 Å². The van der Waals surface area contributed by atoms with Crippen molar-refractivity contribution in [1.29, 1.82) is 0 Å². The number of cyclic esters (lactones) is 1. The normalized spacial score (nSPS) is 30.6. The Kier molecular flexibility index (Phi) is 3.94. The molecule has 4 atom stereocenters. The molecule has 1 fully saturated rings. The number of benzene rings is 1. The first kappa shape index (κ1) is 19.8. The number of aryl methyl sites for hydroxylation is 1. The molecule has 4 heterocycles. The van der Waals surface area contributed by atoms with Crippen molar-refractivity contribution in [1.82, 2.24) is 9.88 Å². The number of carbonyl (C=O) groups is 2. The zero-order chi connectivity index (χ0) is 22.5. The van der Waals surface area contributed by atoms with E-state index in [9.17, 15) is 19.1 Å². The SMILES string of the molecule is CC[C@@]1(O)C(=O)OCC2C(=O)N3Cc4c(nc5cc(F)c(C)c6c5c4C(N)CC6)C3=CC21. The summed E-state index contributed by atoms with van der Waals surface area (Å²) in [7, 11) is 0. The van der Waals surface area contributed by atoms with Crippen LogP contribution in [0.1, 0.15) is 53.8 Å². The minimum absolute atomic E-state index is 0.0579. The van der Waals surface area contributed by atoms with E-state index in [-0.39, 0.29) is 30.8 Å². The van der Waals surface area contributed by atoms with E-state index in [1.807, 2.05) is 0 Å². The van der Waals surface area contributed by atoms with Gasteiger partial charge in [-0.25, -0.2) is 14.2 Å². The quantitative estimate of drug-likeness (QED) is 0.663. The smallest absolute Gasteiger partial charge is 0.338 e. The van der Waals surface area contributed by atoms with Gasteiger partial charge in [-0.3, -0.25) is 4.79 Å². The molecular formula is C24H24FN3O4. The van der Waals surface area contributed by atoms with E-state index in [2.05, 4.69) is 0 Å². The maximum absolute atomic E-state index is 14.7. The molecule has 166 valence electrons. The number of amides is 1. The first-order valence-electron chi connectivity index (χ1n) is 11.1. The van der Waals surface area contributed by atoms with Crippen LogP contribution in [0.25, 0.3) is 16.6 Å². The maximum atomic E-state index is 14.7. The second kappa shape index (κ2) is 6.36. The average molecular weight is 437 g/mol. The minimum atomic E-state index is -1.77. The Morgan fingerprint density at radius 1 is 1.38 bits per heavy atom. The highest BCUT2D eigenvalue weighted by molar-refractivity contribution is 5.99. The molecule has 8 heteroatoms. The molecule has 1 aliphatic carbocycles. The van der Waals surface area contributed by atoms with E-state index in [0.717, 1.165) is 22.1 Å². The zero-order valence-electron chi connectivity index (χ0n) is 17.9. The molecule has 3 aliphatic heterocycles. The molecule has 1 aromatic heterocycles. The van der Waals surface area contributed by atoms with Gasteiger partial charge < -0.3 is 20.5 Å². The Hall–Kier alpha value is -2.84. The number of hydrogen-bond donors (Lipinski definition) is 2. The van der Waals surface area contributed by atoms with Gasteiger partial charge in [0.25, 0.3) is 0 Å². The van der Waals surface area contributed by atoms with Crippen LogP contribution in [0, 0.1) is 24.6 Å². The highest BCUT2D eigenvalue weighted by atomic mass is 19.1. The van der Waals surface area contributed by atoms with Crippen LogP contribution < -0.4 is 5.73 Å². The minimum Gasteiger partial charge on any atom is -0.463 e.